The molecule has 0 aromatic carbocycles. The SMILES string of the molecule is O=C(NC(=O)C1CCCCCCCCCC1)NC1CCCCCCCCCC1. The molecule has 162 valence electrons. The molecule has 0 aliphatic heterocycles. The van der Waals surface area contributed by atoms with Crippen molar-refractivity contribution in [1.82, 2.24) is 10.6 Å². The summed E-state index contributed by atoms with van der Waals surface area (Å²) in [6.07, 6.45) is 24.1. The van der Waals surface area contributed by atoms with Crippen LogP contribution in [0.15, 0.2) is 0 Å². The van der Waals surface area contributed by atoms with Crippen LogP contribution in [0.25, 0.3) is 0 Å². The van der Waals surface area contributed by atoms with E-state index < -0.39 is 0 Å². The largest absolute Gasteiger partial charge is 0.335 e. The third-order valence-corrected chi connectivity index (χ3v) is 6.65. The molecule has 0 bridgehead atoms. The summed E-state index contributed by atoms with van der Waals surface area (Å²) in [6.45, 7) is 0. The van der Waals surface area contributed by atoms with Gasteiger partial charge in [0.2, 0.25) is 5.91 Å². The van der Waals surface area contributed by atoms with E-state index in [0.717, 1.165) is 38.5 Å². The molecule has 2 aliphatic carbocycles. The summed E-state index contributed by atoms with van der Waals surface area (Å²) in [7, 11) is 0. The number of hydrogen-bond acceptors (Lipinski definition) is 2. The van der Waals surface area contributed by atoms with Gasteiger partial charge >= 0.3 is 6.03 Å². The summed E-state index contributed by atoms with van der Waals surface area (Å²) in [6, 6.07) is -0.0438. The third-order valence-electron chi connectivity index (χ3n) is 6.65. The molecule has 4 nitrogen and oxygen atoms in total. The molecule has 2 aliphatic rings. The molecule has 28 heavy (non-hydrogen) atoms. The van der Waals surface area contributed by atoms with Crippen molar-refractivity contribution in [2.45, 2.75) is 134 Å². The van der Waals surface area contributed by atoms with Crippen molar-refractivity contribution < 1.29 is 9.59 Å². The number of rotatable bonds is 2. The molecule has 0 heterocycles. The van der Waals surface area contributed by atoms with Crippen molar-refractivity contribution in [1.29, 1.82) is 0 Å². The molecule has 2 N–H and O–H groups in total. The minimum absolute atomic E-state index is 0.0106. The standard InChI is InChI=1S/C24H44N2O2/c27-23(21-17-13-9-5-1-2-6-10-14-18-21)26-24(28)25-22-19-15-11-7-3-4-8-12-16-20-22/h21-22H,1-20H2,(H2,25,26,27,28). The Labute approximate surface area is 173 Å². The predicted octanol–water partition coefficient (Wildman–Crippen LogP) is 6.63. The zero-order chi connectivity index (χ0) is 19.9. The number of hydrogen-bond donors (Lipinski definition) is 2. The topological polar surface area (TPSA) is 58.2 Å². The lowest BCUT2D eigenvalue weighted by Gasteiger charge is -2.20. The van der Waals surface area contributed by atoms with E-state index in [1.807, 2.05) is 0 Å². The molecule has 2 rings (SSSR count). The second kappa shape index (κ2) is 14.9. The average molecular weight is 393 g/mol. The molecule has 0 unspecified atom stereocenters. The third kappa shape index (κ3) is 10.5. The first-order chi connectivity index (χ1) is 13.8. The molecule has 0 saturated heterocycles. The van der Waals surface area contributed by atoms with Crippen LogP contribution in [0, 0.1) is 5.92 Å². The van der Waals surface area contributed by atoms with Gasteiger partial charge in [-0.1, -0.05) is 103 Å². The molecule has 0 aromatic heterocycles. The van der Waals surface area contributed by atoms with E-state index in [-0.39, 0.29) is 23.9 Å². The fourth-order valence-electron chi connectivity index (χ4n) is 4.81. The summed E-state index contributed by atoms with van der Waals surface area (Å²) >= 11 is 0. The van der Waals surface area contributed by atoms with E-state index in [1.165, 1.54) is 89.9 Å². The predicted molar refractivity (Wildman–Crippen MR) is 116 cm³/mol. The quantitative estimate of drug-likeness (QED) is 0.554. The van der Waals surface area contributed by atoms with E-state index in [2.05, 4.69) is 10.6 Å². The maximum absolute atomic E-state index is 12.7. The van der Waals surface area contributed by atoms with E-state index in [9.17, 15) is 9.59 Å². The Morgan fingerprint density at radius 1 is 0.500 bits per heavy atom. The van der Waals surface area contributed by atoms with Gasteiger partial charge in [0, 0.05) is 12.0 Å². The zero-order valence-corrected chi connectivity index (χ0v) is 18.1. The van der Waals surface area contributed by atoms with Crippen LogP contribution in [0.4, 0.5) is 4.79 Å². The highest BCUT2D eigenvalue weighted by Crippen LogP contribution is 2.21. The van der Waals surface area contributed by atoms with E-state index in [1.54, 1.807) is 0 Å². The average Bonchev–Trinajstić information content (AvgIpc) is 2.78. The number of amides is 3. The number of urea groups is 1. The van der Waals surface area contributed by atoms with Crippen molar-refractivity contribution >= 4 is 11.9 Å². The van der Waals surface area contributed by atoms with E-state index in [4.69, 9.17) is 0 Å². The Kier molecular flexibility index (Phi) is 12.3. The maximum Gasteiger partial charge on any atom is 0.321 e. The van der Waals surface area contributed by atoms with Gasteiger partial charge in [-0.15, -0.1) is 0 Å². The molecule has 0 aromatic rings. The van der Waals surface area contributed by atoms with Crippen LogP contribution in [0.2, 0.25) is 0 Å². The van der Waals surface area contributed by atoms with Gasteiger partial charge in [-0.3, -0.25) is 10.1 Å². The molecule has 0 spiro atoms. The summed E-state index contributed by atoms with van der Waals surface area (Å²) in [5.41, 5.74) is 0. The highest BCUT2D eigenvalue weighted by atomic mass is 16.2. The van der Waals surface area contributed by atoms with Crippen LogP contribution in [0.1, 0.15) is 128 Å². The van der Waals surface area contributed by atoms with Gasteiger partial charge < -0.3 is 5.32 Å². The second-order valence-corrected chi connectivity index (χ2v) is 9.17. The maximum atomic E-state index is 12.7. The zero-order valence-electron chi connectivity index (χ0n) is 18.1. The minimum Gasteiger partial charge on any atom is -0.335 e. The number of nitrogens with one attached hydrogen (secondary N) is 2. The van der Waals surface area contributed by atoms with Gasteiger partial charge in [0.1, 0.15) is 0 Å². The Morgan fingerprint density at radius 3 is 1.29 bits per heavy atom. The second-order valence-electron chi connectivity index (χ2n) is 9.17. The van der Waals surface area contributed by atoms with Crippen molar-refractivity contribution in [2.24, 2.45) is 5.92 Å². The normalized spacial score (nSPS) is 23.0. The van der Waals surface area contributed by atoms with Crippen molar-refractivity contribution in [3.63, 3.8) is 0 Å². The number of imide groups is 1. The monoisotopic (exact) mass is 392 g/mol. The van der Waals surface area contributed by atoms with E-state index in [0.29, 0.717) is 0 Å². The lowest BCUT2D eigenvalue weighted by Crippen LogP contribution is -2.46. The van der Waals surface area contributed by atoms with Gasteiger partial charge in [-0.05, 0) is 25.7 Å². The summed E-state index contributed by atoms with van der Waals surface area (Å²) in [5.74, 6) is -0.0372. The lowest BCUT2D eigenvalue weighted by atomic mass is 9.94. The Hall–Kier alpha value is -1.06. The molecular weight excluding hydrogens is 348 g/mol. The van der Waals surface area contributed by atoms with Crippen molar-refractivity contribution in [2.75, 3.05) is 0 Å². The minimum atomic E-state index is -0.265. The van der Waals surface area contributed by atoms with Crippen LogP contribution in [-0.2, 0) is 4.79 Å². The molecule has 4 heteroatoms. The highest BCUT2D eigenvalue weighted by Gasteiger charge is 2.21. The first kappa shape index (κ1) is 23.2. The molecule has 2 saturated carbocycles. The molecule has 2 fully saturated rings. The van der Waals surface area contributed by atoms with Crippen LogP contribution in [0.5, 0.6) is 0 Å². The van der Waals surface area contributed by atoms with Gasteiger partial charge in [0.15, 0.2) is 0 Å². The van der Waals surface area contributed by atoms with Crippen molar-refractivity contribution in [3.05, 3.63) is 0 Å². The summed E-state index contributed by atoms with van der Waals surface area (Å²) < 4.78 is 0. The number of carbonyl (C=O) groups excluding carboxylic acids is 2. The highest BCUT2D eigenvalue weighted by molar-refractivity contribution is 5.95. The summed E-state index contributed by atoms with van der Waals surface area (Å²) in [4.78, 5) is 25.2. The molecule has 0 atom stereocenters. The Morgan fingerprint density at radius 2 is 0.857 bits per heavy atom. The van der Waals surface area contributed by atoms with Gasteiger partial charge in [-0.2, -0.15) is 0 Å². The molecular formula is C24H44N2O2. The first-order valence-corrected chi connectivity index (χ1v) is 12.4. The molecule has 3 amide bonds. The number of carbonyl (C=O) groups is 2. The van der Waals surface area contributed by atoms with Crippen LogP contribution in [0.3, 0.4) is 0 Å². The lowest BCUT2D eigenvalue weighted by molar-refractivity contribution is -0.124. The van der Waals surface area contributed by atoms with Gasteiger partial charge in [0.25, 0.3) is 0 Å². The summed E-state index contributed by atoms with van der Waals surface area (Å²) in [5, 5.41) is 5.80. The smallest absolute Gasteiger partial charge is 0.321 e. The first-order valence-electron chi connectivity index (χ1n) is 12.4. The van der Waals surface area contributed by atoms with Crippen molar-refractivity contribution in [3.8, 4) is 0 Å². The van der Waals surface area contributed by atoms with E-state index >= 15 is 0 Å². The Balaban J connectivity index is 1.76. The Bertz CT molecular complexity index is 414. The van der Waals surface area contributed by atoms with Gasteiger partial charge in [0.05, 0.1) is 0 Å². The van der Waals surface area contributed by atoms with Gasteiger partial charge in [-0.25, -0.2) is 4.79 Å². The molecule has 0 radical (unpaired) electrons. The van der Waals surface area contributed by atoms with Crippen LogP contribution < -0.4 is 10.6 Å². The fraction of sp³-hybridized carbons (Fsp3) is 0.917. The van der Waals surface area contributed by atoms with Crippen LogP contribution >= 0.6 is 0 Å². The van der Waals surface area contributed by atoms with Crippen LogP contribution in [-0.4, -0.2) is 18.0 Å². The fourth-order valence-corrected chi connectivity index (χ4v) is 4.81.